The van der Waals surface area contributed by atoms with Crippen molar-refractivity contribution in [3.63, 3.8) is 0 Å². The summed E-state index contributed by atoms with van der Waals surface area (Å²) in [6.45, 7) is 4.26. The summed E-state index contributed by atoms with van der Waals surface area (Å²) in [7, 11) is 1.58. The zero-order valence-corrected chi connectivity index (χ0v) is 10.0. The lowest BCUT2D eigenvalue weighted by Gasteiger charge is -2.32. The van der Waals surface area contributed by atoms with Gasteiger partial charge < -0.3 is 19.8 Å². The van der Waals surface area contributed by atoms with Crippen molar-refractivity contribution in [1.29, 1.82) is 0 Å². The van der Waals surface area contributed by atoms with Gasteiger partial charge in [-0.25, -0.2) is 15.8 Å². The first kappa shape index (κ1) is 11.9. The highest BCUT2D eigenvalue weighted by atomic mass is 16.5. The van der Waals surface area contributed by atoms with Gasteiger partial charge in [-0.1, -0.05) is 0 Å². The minimum atomic E-state index is 0.178. The van der Waals surface area contributed by atoms with Gasteiger partial charge in [-0.05, 0) is 6.92 Å². The molecule has 0 radical (unpaired) electrons. The van der Waals surface area contributed by atoms with Crippen molar-refractivity contribution in [1.82, 2.24) is 9.97 Å². The van der Waals surface area contributed by atoms with E-state index in [1.54, 1.807) is 7.11 Å². The lowest BCUT2D eigenvalue weighted by atomic mass is 10.3. The van der Waals surface area contributed by atoms with Gasteiger partial charge in [0.25, 0.3) is 0 Å². The van der Waals surface area contributed by atoms with Gasteiger partial charge in [-0.3, -0.25) is 0 Å². The molecular weight excluding hydrogens is 222 g/mol. The summed E-state index contributed by atoms with van der Waals surface area (Å²) in [5.41, 5.74) is 2.50. The van der Waals surface area contributed by atoms with Crippen LogP contribution in [0.4, 0.5) is 11.6 Å². The molecule has 0 amide bonds. The largest absolute Gasteiger partial charge is 0.490 e. The topological polar surface area (TPSA) is 85.5 Å². The SMILES string of the molecule is COc1c(NN)ncnc1N1CCOC(C)C1. The molecule has 0 spiro atoms. The smallest absolute Gasteiger partial charge is 0.205 e. The maximum absolute atomic E-state index is 5.49. The minimum absolute atomic E-state index is 0.178. The average Bonchev–Trinajstić information content (AvgIpc) is 2.37. The maximum atomic E-state index is 5.49. The average molecular weight is 239 g/mol. The van der Waals surface area contributed by atoms with Crippen LogP contribution >= 0.6 is 0 Å². The maximum Gasteiger partial charge on any atom is 0.205 e. The number of nitrogens with zero attached hydrogens (tertiary/aromatic N) is 3. The first-order valence-electron chi connectivity index (χ1n) is 5.48. The molecule has 1 aliphatic heterocycles. The second kappa shape index (κ2) is 5.15. The predicted octanol–water partition coefficient (Wildman–Crippen LogP) is -0.00410. The molecule has 0 aromatic carbocycles. The molecule has 94 valence electrons. The van der Waals surface area contributed by atoms with Crippen LogP contribution in [0.25, 0.3) is 0 Å². The Balaban J connectivity index is 2.30. The predicted molar refractivity (Wildman–Crippen MR) is 64.0 cm³/mol. The molecule has 7 heteroatoms. The van der Waals surface area contributed by atoms with E-state index in [-0.39, 0.29) is 6.10 Å². The molecule has 1 fully saturated rings. The number of nitrogens with one attached hydrogen (secondary N) is 1. The Morgan fingerprint density at radius 2 is 2.41 bits per heavy atom. The Morgan fingerprint density at radius 1 is 1.59 bits per heavy atom. The van der Waals surface area contributed by atoms with Gasteiger partial charge in [0.05, 0.1) is 19.8 Å². The van der Waals surface area contributed by atoms with Crippen LogP contribution in [0.5, 0.6) is 5.75 Å². The molecule has 7 nitrogen and oxygen atoms in total. The second-order valence-electron chi connectivity index (χ2n) is 3.85. The Hall–Kier alpha value is -1.60. The minimum Gasteiger partial charge on any atom is -0.490 e. The molecule has 17 heavy (non-hydrogen) atoms. The van der Waals surface area contributed by atoms with Crippen molar-refractivity contribution in [3.8, 4) is 5.75 Å². The summed E-state index contributed by atoms with van der Waals surface area (Å²) >= 11 is 0. The number of hydrogen-bond acceptors (Lipinski definition) is 7. The molecule has 0 saturated carbocycles. The molecule has 3 N–H and O–H groups in total. The fourth-order valence-corrected chi connectivity index (χ4v) is 1.89. The van der Waals surface area contributed by atoms with Crippen LogP contribution in [0.15, 0.2) is 6.33 Å². The van der Waals surface area contributed by atoms with E-state index in [1.807, 2.05) is 6.92 Å². The molecule has 1 aromatic rings. The van der Waals surface area contributed by atoms with Crippen molar-refractivity contribution in [2.45, 2.75) is 13.0 Å². The van der Waals surface area contributed by atoms with E-state index in [0.717, 1.165) is 18.9 Å². The Kier molecular flexibility index (Phi) is 3.60. The van der Waals surface area contributed by atoms with E-state index in [1.165, 1.54) is 6.33 Å². The van der Waals surface area contributed by atoms with E-state index in [4.69, 9.17) is 15.3 Å². The third kappa shape index (κ3) is 2.40. The van der Waals surface area contributed by atoms with Gasteiger partial charge in [0.2, 0.25) is 5.75 Å². The number of hydrazine groups is 1. The Labute approximate surface area is 99.9 Å². The van der Waals surface area contributed by atoms with Crippen molar-refractivity contribution in [2.75, 3.05) is 37.1 Å². The molecule has 0 aliphatic carbocycles. The van der Waals surface area contributed by atoms with Crippen LogP contribution in [-0.2, 0) is 4.74 Å². The number of aromatic nitrogens is 2. The van der Waals surface area contributed by atoms with Gasteiger partial charge in [0.1, 0.15) is 6.33 Å². The monoisotopic (exact) mass is 239 g/mol. The number of rotatable bonds is 3. The summed E-state index contributed by atoms with van der Waals surface area (Å²) in [5.74, 6) is 7.17. The Bertz CT molecular complexity index is 387. The molecule has 1 atom stereocenters. The zero-order valence-electron chi connectivity index (χ0n) is 10.0. The van der Waals surface area contributed by atoms with Crippen LogP contribution in [0, 0.1) is 0 Å². The highest BCUT2D eigenvalue weighted by molar-refractivity contribution is 5.64. The van der Waals surface area contributed by atoms with Crippen LogP contribution < -0.4 is 20.9 Å². The normalized spacial score (nSPS) is 20.2. The third-order valence-corrected chi connectivity index (χ3v) is 2.67. The highest BCUT2D eigenvalue weighted by Crippen LogP contribution is 2.31. The fraction of sp³-hybridized carbons (Fsp3) is 0.600. The molecule has 2 heterocycles. The quantitative estimate of drug-likeness (QED) is 0.567. The molecule has 1 saturated heterocycles. The summed E-state index contributed by atoms with van der Waals surface area (Å²) < 4.78 is 10.8. The van der Waals surface area contributed by atoms with Crippen LogP contribution in [-0.4, -0.2) is 42.9 Å². The fourth-order valence-electron chi connectivity index (χ4n) is 1.89. The van der Waals surface area contributed by atoms with E-state index < -0.39 is 0 Å². The molecule has 2 rings (SSSR count). The molecule has 1 aliphatic rings. The zero-order chi connectivity index (χ0) is 12.3. The number of nitrogens with two attached hydrogens (primary N) is 1. The third-order valence-electron chi connectivity index (χ3n) is 2.67. The van der Waals surface area contributed by atoms with Gasteiger partial charge >= 0.3 is 0 Å². The lowest BCUT2D eigenvalue weighted by molar-refractivity contribution is 0.0527. The highest BCUT2D eigenvalue weighted by Gasteiger charge is 2.22. The Morgan fingerprint density at radius 3 is 3.06 bits per heavy atom. The van der Waals surface area contributed by atoms with Crippen molar-refractivity contribution in [2.24, 2.45) is 5.84 Å². The van der Waals surface area contributed by atoms with Gasteiger partial charge in [0, 0.05) is 13.1 Å². The van der Waals surface area contributed by atoms with Gasteiger partial charge in [-0.15, -0.1) is 0 Å². The van der Waals surface area contributed by atoms with Crippen LogP contribution in [0.2, 0.25) is 0 Å². The standard InChI is InChI=1S/C10H17N5O2/c1-7-5-15(3-4-17-7)10-8(16-2)9(14-11)12-6-13-10/h6-7H,3-5,11H2,1-2H3,(H,12,13,14). The van der Waals surface area contributed by atoms with Gasteiger partial charge in [-0.2, -0.15) is 0 Å². The number of anilines is 2. The molecular formula is C10H17N5O2. The first-order valence-corrected chi connectivity index (χ1v) is 5.48. The van der Waals surface area contributed by atoms with E-state index in [0.29, 0.717) is 18.2 Å². The summed E-state index contributed by atoms with van der Waals surface area (Å²) in [4.78, 5) is 10.4. The summed E-state index contributed by atoms with van der Waals surface area (Å²) in [6, 6.07) is 0. The molecule has 0 bridgehead atoms. The number of morpholine rings is 1. The molecule has 1 unspecified atom stereocenters. The number of ether oxygens (including phenoxy) is 2. The molecule has 1 aromatic heterocycles. The number of nitrogen functional groups attached to an aromatic ring is 1. The summed E-state index contributed by atoms with van der Waals surface area (Å²) in [5, 5.41) is 0. The number of methoxy groups -OCH3 is 1. The first-order chi connectivity index (χ1) is 8.26. The summed E-state index contributed by atoms with van der Waals surface area (Å²) in [6.07, 6.45) is 1.64. The van der Waals surface area contributed by atoms with E-state index in [9.17, 15) is 0 Å². The van der Waals surface area contributed by atoms with Crippen LogP contribution in [0.1, 0.15) is 6.92 Å². The second-order valence-corrected chi connectivity index (χ2v) is 3.85. The lowest BCUT2D eigenvalue weighted by Crippen LogP contribution is -2.41. The van der Waals surface area contributed by atoms with Crippen LogP contribution in [0.3, 0.4) is 0 Å². The van der Waals surface area contributed by atoms with Crippen molar-refractivity contribution >= 4 is 11.6 Å². The number of hydrogen-bond donors (Lipinski definition) is 2. The van der Waals surface area contributed by atoms with Crippen molar-refractivity contribution in [3.05, 3.63) is 6.33 Å². The van der Waals surface area contributed by atoms with Gasteiger partial charge in [0.15, 0.2) is 11.6 Å². The van der Waals surface area contributed by atoms with E-state index >= 15 is 0 Å². The van der Waals surface area contributed by atoms with Crippen molar-refractivity contribution < 1.29 is 9.47 Å². The van der Waals surface area contributed by atoms with E-state index in [2.05, 4.69) is 20.3 Å².